The number of imidazole rings is 1. The lowest BCUT2D eigenvalue weighted by atomic mass is 10.1. The fraction of sp³-hybridized carbons (Fsp3) is 0.208. The lowest BCUT2D eigenvalue weighted by molar-refractivity contribution is -0.124. The molecule has 5 nitrogen and oxygen atoms in total. The molecular weight excluding hydrogens is 431 g/mol. The maximum absolute atomic E-state index is 13.2. The average molecular weight is 453 g/mol. The van der Waals surface area contributed by atoms with Gasteiger partial charge < -0.3 is 9.88 Å². The number of rotatable bonds is 7. The van der Waals surface area contributed by atoms with Crippen LogP contribution in [0.4, 0.5) is 0 Å². The number of pyridine rings is 1. The van der Waals surface area contributed by atoms with Crippen molar-refractivity contribution in [3.8, 4) is 0 Å². The first-order valence-electron chi connectivity index (χ1n) is 10.1. The van der Waals surface area contributed by atoms with E-state index in [2.05, 4.69) is 10.3 Å². The number of amides is 1. The summed E-state index contributed by atoms with van der Waals surface area (Å²) in [6.45, 7) is 2.41. The van der Waals surface area contributed by atoms with Crippen molar-refractivity contribution in [2.24, 2.45) is 0 Å². The number of para-hydroxylation sites is 2. The third-order valence-corrected chi connectivity index (χ3v) is 5.96. The summed E-state index contributed by atoms with van der Waals surface area (Å²) in [5.41, 5.74) is 3.49. The summed E-state index contributed by atoms with van der Waals surface area (Å²) in [5, 5.41) is 4.20. The highest BCUT2D eigenvalue weighted by molar-refractivity contribution is 6.36. The minimum atomic E-state index is -0.416. The topological polar surface area (TPSA) is 59.8 Å². The summed E-state index contributed by atoms with van der Waals surface area (Å²) in [6, 6.07) is 16.6. The first-order chi connectivity index (χ1) is 15.1. The number of carbonyl (C=O) groups excluding carboxylic acids is 1. The lowest BCUT2D eigenvalue weighted by Crippen LogP contribution is -2.32. The quantitative estimate of drug-likeness (QED) is 0.397. The van der Waals surface area contributed by atoms with Gasteiger partial charge in [-0.15, -0.1) is 0 Å². The van der Waals surface area contributed by atoms with Crippen LogP contribution in [0.15, 0.2) is 67.0 Å². The lowest BCUT2D eigenvalue weighted by Gasteiger charge is -2.20. The van der Waals surface area contributed by atoms with E-state index >= 15 is 0 Å². The average Bonchev–Trinajstić information content (AvgIpc) is 3.14. The van der Waals surface area contributed by atoms with Gasteiger partial charge in [-0.3, -0.25) is 9.78 Å². The highest BCUT2D eigenvalue weighted by Gasteiger charge is 2.25. The Labute approximate surface area is 191 Å². The monoisotopic (exact) mass is 452 g/mol. The van der Waals surface area contributed by atoms with E-state index in [0.29, 0.717) is 29.4 Å². The van der Waals surface area contributed by atoms with E-state index in [4.69, 9.17) is 28.2 Å². The predicted octanol–water partition coefficient (Wildman–Crippen LogP) is 5.60. The van der Waals surface area contributed by atoms with Crippen molar-refractivity contribution in [3.63, 3.8) is 0 Å². The minimum Gasteiger partial charge on any atom is -0.350 e. The number of carbonyl (C=O) groups is 1. The van der Waals surface area contributed by atoms with Crippen LogP contribution in [0, 0.1) is 0 Å². The number of nitrogens with one attached hydrogen (secondary N) is 1. The largest absolute Gasteiger partial charge is 0.350 e. The van der Waals surface area contributed by atoms with E-state index in [-0.39, 0.29) is 5.91 Å². The highest BCUT2D eigenvalue weighted by atomic mass is 35.5. The number of nitrogens with zero attached hydrogens (tertiary/aromatic N) is 3. The normalized spacial score (nSPS) is 12.1. The fourth-order valence-electron chi connectivity index (χ4n) is 3.72. The molecule has 2 heterocycles. The molecule has 0 bridgehead atoms. The zero-order chi connectivity index (χ0) is 21.8. The van der Waals surface area contributed by atoms with E-state index in [1.807, 2.05) is 66.1 Å². The van der Waals surface area contributed by atoms with Gasteiger partial charge in [-0.1, -0.05) is 54.4 Å². The number of halogens is 2. The SMILES string of the molecule is CC[C@@H](C(=O)NCc1cccnc1)n1c(Cc2c(Cl)cccc2Cl)nc2ccccc21. The van der Waals surface area contributed by atoms with E-state index in [1.54, 1.807) is 12.4 Å². The molecule has 1 atom stereocenters. The van der Waals surface area contributed by atoms with Gasteiger partial charge in [-0.05, 0) is 47.9 Å². The number of hydrogen-bond acceptors (Lipinski definition) is 3. The van der Waals surface area contributed by atoms with Crippen molar-refractivity contribution in [2.75, 3.05) is 0 Å². The Morgan fingerprint density at radius 3 is 2.55 bits per heavy atom. The number of fused-ring (bicyclic) bond motifs is 1. The molecule has 0 saturated heterocycles. The third-order valence-electron chi connectivity index (χ3n) is 5.26. The van der Waals surface area contributed by atoms with Gasteiger partial charge in [0.1, 0.15) is 11.9 Å². The Balaban J connectivity index is 1.70. The van der Waals surface area contributed by atoms with Crippen LogP contribution >= 0.6 is 23.2 Å². The third kappa shape index (κ3) is 4.58. The second kappa shape index (κ2) is 9.50. The van der Waals surface area contributed by atoms with E-state index in [9.17, 15) is 4.79 Å². The van der Waals surface area contributed by atoms with Gasteiger partial charge in [0.25, 0.3) is 0 Å². The highest BCUT2D eigenvalue weighted by Crippen LogP contribution is 2.30. The molecule has 0 radical (unpaired) electrons. The smallest absolute Gasteiger partial charge is 0.243 e. The molecule has 0 aliphatic heterocycles. The van der Waals surface area contributed by atoms with Crippen molar-refractivity contribution in [1.82, 2.24) is 19.9 Å². The van der Waals surface area contributed by atoms with Crippen LogP contribution in [0.25, 0.3) is 11.0 Å². The summed E-state index contributed by atoms with van der Waals surface area (Å²) in [7, 11) is 0. The van der Waals surface area contributed by atoms with Crippen LogP contribution in [-0.4, -0.2) is 20.4 Å². The number of aromatic nitrogens is 3. The predicted molar refractivity (Wildman–Crippen MR) is 124 cm³/mol. The Morgan fingerprint density at radius 2 is 1.84 bits per heavy atom. The van der Waals surface area contributed by atoms with Gasteiger partial charge in [0.2, 0.25) is 5.91 Å². The van der Waals surface area contributed by atoms with Crippen LogP contribution in [0.5, 0.6) is 0 Å². The molecule has 158 valence electrons. The van der Waals surface area contributed by atoms with Crippen LogP contribution < -0.4 is 5.32 Å². The molecule has 2 aromatic heterocycles. The van der Waals surface area contributed by atoms with Gasteiger partial charge in [-0.2, -0.15) is 0 Å². The van der Waals surface area contributed by atoms with Crippen LogP contribution in [0.3, 0.4) is 0 Å². The molecule has 0 unspecified atom stereocenters. The first-order valence-corrected chi connectivity index (χ1v) is 10.9. The maximum Gasteiger partial charge on any atom is 0.243 e. The van der Waals surface area contributed by atoms with Gasteiger partial charge in [0.05, 0.1) is 11.0 Å². The van der Waals surface area contributed by atoms with Crippen molar-refractivity contribution in [2.45, 2.75) is 32.4 Å². The van der Waals surface area contributed by atoms with Crippen LogP contribution in [-0.2, 0) is 17.8 Å². The van der Waals surface area contributed by atoms with Gasteiger partial charge in [0.15, 0.2) is 0 Å². The van der Waals surface area contributed by atoms with Gasteiger partial charge >= 0.3 is 0 Å². The molecule has 0 saturated carbocycles. The molecule has 0 aliphatic rings. The van der Waals surface area contributed by atoms with Gasteiger partial charge in [-0.25, -0.2) is 4.98 Å². The summed E-state index contributed by atoms with van der Waals surface area (Å²) in [4.78, 5) is 22.1. The molecule has 0 fully saturated rings. The fourth-order valence-corrected chi connectivity index (χ4v) is 4.25. The molecule has 4 rings (SSSR count). The van der Waals surface area contributed by atoms with Crippen LogP contribution in [0.1, 0.15) is 36.3 Å². The number of hydrogen-bond donors (Lipinski definition) is 1. The van der Waals surface area contributed by atoms with Crippen molar-refractivity contribution < 1.29 is 4.79 Å². The standard InChI is InChI=1S/C24H22Cl2N4O/c1-2-21(24(31)28-15-16-7-6-12-27-14-16)30-22-11-4-3-10-20(22)29-23(30)13-17-18(25)8-5-9-19(17)26/h3-12,14,21H,2,13,15H2,1H3,(H,28,31)/t21-/m0/s1. The molecule has 0 spiro atoms. The van der Waals surface area contributed by atoms with Crippen molar-refractivity contribution >= 4 is 40.1 Å². The minimum absolute atomic E-state index is 0.0685. The maximum atomic E-state index is 13.2. The summed E-state index contributed by atoms with van der Waals surface area (Å²) in [6.07, 6.45) is 4.50. The Morgan fingerprint density at radius 1 is 1.06 bits per heavy atom. The van der Waals surface area contributed by atoms with Crippen LogP contribution in [0.2, 0.25) is 10.0 Å². The van der Waals surface area contributed by atoms with Crippen molar-refractivity contribution in [1.29, 1.82) is 0 Å². The second-order valence-corrected chi connectivity index (χ2v) is 8.08. The van der Waals surface area contributed by atoms with Crippen molar-refractivity contribution in [3.05, 3.63) is 94.0 Å². The number of benzene rings is 2. The molecule has 4 aromatic rings. The van der Waals surface area contributed by atoms with Gasteiger partial charge in [0, 0.05) is 35.4 Å². The molecule has 2 aromatic carbocycles. The Kier molecular flexibility index (Phi) is 6.54. The van der Waals surface area contributed by atoms with E-state index in [1.165, 1.54) is 0 Å². The zero-order valence-electron chi connectivity index (χ0n) is 17.1. The molecular formula is C24H22Cl2N4O. The molecule has 1 amide bonds. The Hall–Kier alpha value is -2.89. The summed E-state index contributed by atoms with van der Waals surface area (Å²) >= 11 is 12.8. The van der Waals surface area contributed by atoms with E-state index in [0.717, 1.165) is 28.0 Å². The Bertz CT molecular complexity index is 1190. The second-order valence-electron chi connectivity index (χ2n) is 7.27. The molecule has 7 heteroatoms. The molecule has 0 aliphatic carbocycles. The molecule has 1 N–H and O–H groups in total. The zero-order valence-corrected chi connectivity index (χ0v) is 18.6. The van der Waals surface area contributed by atoms with E-state index < -0.39 is 6.04 Å². The summed E-state index contributed by atoms with van der Waals surface area (Å²) < 4.78 is 2.01. The first kappa shape index (κ1) is 21.3. The molecule has 31 heavy (non-hydrogen) atoms. The summed E-state index contributed by atoms with van der Waals surface area (Å²) in [5.74, 6) is 0.681.